The van der Waals surface area contributed by atoms with Gasteiger partial charge in [0.2, 0.25) is 0 Å². The number of carbonyl (C=O) groups is 1. The molecular weight excluding hydrogens is 338 g/mol. The van der Waals surface area contributed by atoms with Gasteiger partial charge in [0, 0.05) is 17.9 Å². The van der Waals surface area contributed by atoms with Crippen molar-refractivity contribution in [2.45, 2.75) is 45.3 Å². The third-order valence-electron chi connectivity index (χ3n) is 4.37. The molecule has 0 saturated heterocycles. The van der Waals surface area contributed by atoms with Crippen LogP contribution in [0.15, 0.2) is 60.7 Å². The van der Waals surface area contributed by atoms with Gasteiger partial charge in [-0.3, -0.25) is 0 Å². The van der Waals surface area contributed by atoms with E-state index in [2.05, 4.69) is 18.0 Å². The lowest BCUT2D eigenvalue weighted by Gasteiger charge is -2.18. The van der Waals surface area contributed by atoms with Crippen molar-refractivity contribution in [1.29, 1.82) is 0 Å². The van der Waals surface area contributed by atoms with Gasteiger partial charge in [-0.05, 0) is 37.1 Å². The molecule has 3 aromatic rings. The van der Waals surface area contributed by atoms with Gasteiger partial charge in [-0.25, -0.2) is 4.98 Å². The van der Waals surface area contributed by atoms with Crippen molar-refractivity contribution in [2.75, 3.05) is 0 Å². The highest BCUT2D eigenvalue weighted by molar-refractivity contribution is 5.78. The fraction of sp³-hybridized carbons (Fsp3) is 0.304. The number of fused-ring (bicyclic) bond motifs is 1. The van der Waals surface area contributed by atoms with Gasteiger partial charge in [0.25, 0.3) is 0 Å². The highest BCUT2D eigenvalue weighted by Gasteiger charge is 2.10. The molecule has 0 saturated carbocycles. The molecule has 0 amide bonds. The first-order valence-electron chi connectivity index (χ1n) is 9.46. The molecule has 1 aromatic heterocycles. The van der Waals surface area contributed by atoms with E-state index in [9.17, 15) is 4.79 Å². The lowest BCUT2D eigenvalue weighted by atomic mass is 10.1. The summed E-state index contributed by atoms with van der Waals surface area (Å²) in [5.74, 6) is 1.51. The van der Waals surface area contributed by atoms with Gasteiger partial charge >= 0.3 is 0 Å². The molecule has 1 heterocycles. The van der Waals surface area contributed by atoms with E-state index >= 15 is 0 Å². The molecule has 0 bridgehead atoms. The van der Waals surface area contributed by atoms with Crippen LogP contribution in [0.25, 0.3) is 10.9 Å². The van der Waals surface area contributed by atoms with Gasteiger partial charge in [0.1, 0.15) is 24.4 Å². The molecule has 0 aliphatic heterocycles. The Morgan fingerprint density at radius 3 is 2.70 bits per heavy atom. The third-order valence-corrected chi connectivity index (χ3v) is 4.37. The zero-order valence-electron chi connectivity index (χ0n) is 15.6. The molecule has 0 aliphatic carbocycles. The molecule has 0 spiro atoms. The molecule has 1 unspecified atom stereocenters. The molecule has 0 N–H and O–H groups in total. The van der Waals surface area contributed by atoms with Crippen LogP contribution in [0.2, 0.25) is 0 Å². The largest absolute Gasteiger partial charge is 0.490 e. The molecule has 1 atom stereocenters. The lowest BCUT2D eigenvalue weighted by molar-refractivity contribution is -0.108. The van der Waals surface area contributed by atoms with Gasteiger partial charge in [-0.1, -0.05) is 43.7 Å². The molecule has 2 aromatic carbocycles. The third kappa shape index (κ3) is 5.55. The van der Waals surface area contributed by atoms with Crippen molar-refractivity contribution in [3.8, 4) is 11.5 Å². The van der Waals surface area contributed by atoms with Crippen LogP contribution in [0.5, 0.6) is 11.5 Å². The molecule has 140 valence electrons. The van der Waals surface area contributed by atoms with Crippen LogP contribution in [0, 0.1) is 0 Å². The van der Waals surface area contributed by atoms with Crippen molar-refractivity contribution in [2.24, 2.45) is 0 Å². The van der Waals surface area contributed by atoms with Gasteiger partial charge in [-0.15, -0.1) is 0 Å². The fourth-order valence-electron chi connectivity index (χ4n) is 3.01. The number of hydrogen-bond acceptors (Lipinski definition) is 4. The maximum absolute atomic E-state index is 10.6. The minimum atomic E-state index is 0.0533. The van der Waals surface area contributed by atoms with Crippen LogP contribution in [-0.4, -0.2) is 17.4 Å². The number of aldehydes is 1. The van der Waals surface area contributed by atoms with E-state index in [1.165, 1.54) is 0 Å². The molecule has 0 aliphatic rings. The molecule has 4 heteroatoms. The average molecular weight is 363 g/mol. The highest BCUT2D eigenvalue weighted by Crippen LogP contribution is 2.23. The average Bonchev–Trinajstić information content (AvgIpc) is 2.71. The summed E-state index contributed by atoms with van der Waals surface area (Å²) in [4.78, 5) is 15.3. The van der Waals surface area contributed by atoms with Crippen molar-refractivity contribution >= 4 is 17.2 Å². The summed E-state index contributed by atoms with van der Waals surface area (Å²) >= 11 is 0. The number of pyridine rings is 1. The number of carbonyl (C=O) groups excluding carboxylic acids is 1. The van der Waals surface area contributed by atoms with E-state index < -0.39 is 0 Å². The first kappa shape index (κ1) is 18.9. The quantitative estimate of drug-likeness (QED) is 0.456. The minimum absolute atomic E-state index is 0.0533. The molecule has 0 fully saturated rings. The van der Waals surface area contributed by atoms with Crippen LogP contribution in [0.4, 0.5) is 0 Å². The molecule has 27 heavy (non-hydrogen) atoms. The summed E-state index contributed by atoms with van der Waals surface area (Å²) in [5, 5.41) is 1.12. The van der Waals surface area contributed by atoms with Crippen LogP contribution >= 0.6 is 0 Å². The van der Waals surface area contributed by atoms with E-state index in [1.807, 2.05) is 54.6 Å². The molecule has 0 radical (unpaired) electrons. The summed E-state index contributed by atoms with van der Waals surface area (Å²) in [7, 11) is 0. The smallest absolute Gasteiger partial charge is 0.130 e. The topological polar surface area (TPSA) is 48.4 Å². The summed E-state index contributed by atoms with van der Waals surface area (Å²) in [6, 6.07) is 19.7. The van der Waals surface area contributed by atoms with Crippen LogP contribution in [0.1, 0.15) is 38.3 Å². The first-order valence-corrected chi connectivity index (χ1v) is 9.46. The van der Waals surface area contributed by atoms with Crippen molar-refractivity contribution in [1.82, 2.24) is 4.98 Å². The molecule has 4 nitrogen and oxygen atoms in total. The van der Waals surface area contributed by atoms with E-state index in [0.29, 0.717) is 13.0 Å². The standard InChI is InChI=1S/C23H25NO3/c1-2-7-20(11-6-15-25)27-22-10-5-9-21(16-22)26-17-19-14-13-18-8-3-4-12-23(18)24-19/h3-5,8-10,12-16,20H,2,6-7,11,17H2,1H3. The zero-order chi connectivity index (χ0) is 18.9. The maximum Gasteiger partial charge on any atom is 0.130 e. The number of benzene rings is 2. The van der Waals surface area contributed by atoms with E-state index in [-0.39, 0.29) is 6.10 Å². The first-order chi connectivity index (χ1) is 13.3. The minimum Gasteiger partial charge on any atom is -0.490 e. The predicted octanol–water partition coefficient (Wildman–Crippen LogP) is 5.34. The molecule has 3 rings (SSSR count). The Hall–Kier alpha value is -2.88. The Labute approximate surface area is 160 Å². The normalized spacial score (nSPS) is 11.9. The van der Waals surface area contributed by atoms with Crippen molar-refractivity contribution in [3.05, 3.63) is 66.4 Å². The number of ether oxygens (including phenoxy) is 2. The van der Waals surface area contributed by atoms with E-state index in [0.717, 1.165) is 53.6 Å². The second-order valence-electron chi connectivity index (χ2n) is 6.53. The summed E-state index contributed by atoms with van der Waals surface area (Å²) < 4.78 is 12.0. The summed E-state index contributed by atoms with van der Waals surface area (Å²) in [5.41, 5.74) is 1.85. The SMILES string of the molecule is CCCC(CCC=O)Oc1cccc(OCc2ccc3ccccc3n2)c1. The Morgan fingerprint density at radius 1 is 1.00 bits per heavy atom. The van der Waals surface area contributed by atoms with Crippen molar-refractivity contribution in [3.63, 3.8) is 0 Å². The second-order valence-corrected chi connectivity index (χ2v) is 6.53. The summed E-state index contributed by atoms with van der Waals surface area (Å²) in [6.07, 6.45) is 4.21. The van der Waals surface area contributed by atoms with Crippen LogP contribution in [-0.2, 0) is 11.4 Å². The van der Waals surface area contributed by atoms with Gasteiger partial charge in [0.15, 0.2) is 0 Å². The Balaban J connectivity index is 1.63. The maximum atomic E-state index is 10.6. The van der Waals surface area contributed by atoms with E-state index in [1.54, 1.807) is 0 Å². The van der Waals surface area contributed by atoms with E-state index in [4.69, 9.17) is 9.47 Å². The lowest BCUT2D eigenvalue weighted by Crippen LogP contribution is -2.16. The highest BCUT2D eigenvalue weighted by atomic mass is 16.5. The van der Waals surface area contributed by atoms with Crippen molar-refractivity contribution < 1.29 is 14.3 Å². The van der Waals surface area contributed by atoms with Crippen LogP contribution in [0.3, 0.4) is 0 Å². The second kappa shape index (κ2) is 9.72. The number of aromatic nitrogens is 1. The molecular formula is C23H25NO3. The van der Waals surface area contributed by atoms with Gasteiger partial charge in [-0.2, -0.15) is 0 Å². The van der Waals surface area contributed by atoms with Gasteiger partial charge < -0.3 is 14.3 Å². The number of rotatable bonds is 10. The Morgan fingerprint density at radius 2 is 1.85 bits per heavy atom. The Bertz CT molecular complexity index is 878. The fourth-order valence-corrected chi connectivity index (χ4v) is 3.01. The Kier molecular flexibility index (Phi) is 6.80. The predicted molar refractivity (Wildman–Crippen MR) is 107 cm³/mol. The van der Waals surface area contributed by atoms with Crippen LogP contribution < -0.4 is 9.47 Å². The zero-order valence-corrected chi connectivity index (χ0v) is 15.6. The number of hydrogen-bond donors (Lipinski definition) is 0. The summed E-state index contributed by atoms with van der Waals surface area (Å²) in [6.45, 7) is 2.52. The number of para-hydroxylation sites is 1. The number of nitrogens with zero attached hydrogens (tertiary/aromatic N) is 1. The van der Waals surface area contributed by atoms with Gasteiger partial charge in [0.05, 0.1) is 17.3 Å². The monoisotopic (exact) mass is 363 g/mol.